The van der Waals surface area contributed by atoms with E-state index in [1.807, 2.05) is 18.2 Å². The van der Waals surface area contributed by atoms with Gasteiger partial charge in [0.2, 0.25) is 0 Å². The third-order valence-electron chi connectivity index (χ3n) is 4.71. The van der Waals surface area contributed by atoms with Crippen LogP contribution in [-0.2, 0) is 6.42 Å². The molecule has 0 radical (unpaired) electrons. The highest BCUT2D eigenvalue weighted by atomic mass is 35.5. The Labute approximate surface area is 170 Å². The monoisotopic (exact) mass is 404 g/mol. The summed E-state index contributed by atoms with van der Waals surface area (Å²) in [5.74, 6) is 0.897. The molecule has 5 heteroatoms. The fourth-order valence-corrected chi connectivity index (χ4v) is 3.92. The Bertz CT molecular complexity index is 887. The van der Waals surface area contributed by atoms with E-state index in [1.54, 1.807) is 6.07 Å². The van der Waals surface area contributed by atoms with Crippen LogP contribution in [0.5, 0.6) is 5.75 Å². The van der Waals surface area contributed by atoms with E-state index in [-0.39, 0.29) is 0 Å². The van der Waals surface area contributed by atoms with Crippen LogP contribution in [0.3, 0.4) is 0 Å². The lowest BCUT2D eigenvalue weighted by Gasteiger charge is -2.08. The Hall–Kier alpha value is -1.68. The molecule has 0 saturated carbocycles. The van der Waals surface area contributed by atoms with Crippen LogP contribution in [0.4, 0.5) is 0 Å². The van der Waals surface area contributed by atoms with Gasteiger partial charge in [0, 0.05) is 21.6 Å². The van der Waals surface area contributed by atoms with Crippen LogP contribution in [0.1, 0.15) is 38.2 Å². The van der Waals surface area contributed by atoms with E-state index < -0.39 is 0 Å². The topological polar surface area (TPSA) is 51.0 Å². The molecule has 0 bridgehead atoms. The molecule has 0 aliphatic heterocycles. The number of hydrogen-bond acceptors (Lipinski definition) is 2. The fraction of sp³-hybridized carbons (Fsp3) is 0.364. The molecule has 144 valence electrons. The summed E-state index contributed by atoms with van der Waals surface area (Å²) in [5.41, 5.74) is 10.1. The number of unbranched alkanes of at least 4 members (excludes halogenated alkanes) is 2. The minimum atomic E-state index is 0.633. The smallest absolute Gasteiger partial charge is 0.119 e. The number of nitrogens with two attached hydrogens (primary N) is 1. The summed E-state index contributed by atoms with van der Waals surface area (Å²) >= 11 is 12.7. The van der Waals surface area contributed by atoms with Crippen molar-refractivity contribution in [2.24, 2.45) is 5.73 Å². The maximum absolute atomic E-state index is 6.53. The Morgan fingerprint density at radius 3 is 2.52 bits per heavy atom. The van der Waals surface area contributed by atoms with Crippen LogP contribution in [0.2, 0.25) is 10.0 Å². The average Bonchev–Trinajstić information content (AvgIpc) is 3.01. The summed E-state index contributed by atoms with van der Waals surface area (Å²) in [4.78, 5) is 3.52. The van der Waals surface area contributed by atoms with E-state index in [0.29, 0.717) is 16.6 Å². The average molecular weight is 405 g/mol. The molecule has 0 atom stereocenters. The van der Waals surface area contributed by atoms with Gasteiger partial charge in [0.15, 0.2) is 0 Å². The first-order valence-corrected chi connectivity index (χ1v) is 10.3. The zero-order chi connectivity index (χ0) is 19.2. The van der Waals surface area contributed by atoms with Crippen LogP contribution >= 0.6 is 23.2 Å². The van der Waals surface area contributed by atoms with E-state index in [4.69, 9.17) is 33.7 Å². The van der Waals surface area contributed by atoms with Crippen molar-refractivity contribution >= 4 is 34.1 Å². The van der Waals surface area contributed by atoms with Crippen LogP contribution in [-0.4, -0.2) is 18.1 Å². The second-order valence-electron chi connectivity index (χ2n) is 6.76. The Kier molecular flexibility index (Phi) is 7.06. The van der Waals surface area contributed by atoms with Crippen LogP contribution < -0.4 is 10.5 Å². The van der Waals surface area contributed by atoms with Gasteiger partial charge in [-0.15, -0.1) is 0 Å². The molecule has 1 aromatic heterocycles. The third-order valence-corrected chi connectivity index (χ3v) is 5.23. The third kappa shape index (κ3) is 4.78. The minimum absolute atomic E-state index is 0.633. The maximum Gasteiger partial charge on any atom is 0.119 e. The van der Waals surface area contributed by atoms with Gasteiger partial charge in [-0.05, 0) is 79.8 Å². The highest BCUT2D eigenvalue weighted by Crippen LogP contribution is 2.37. The lowest BCUT2D eigenvalue weighted by atomic mass is 10.00. The predicted octanol–water partition coefficient (Wildman–Crippen LogP) is 6.60. The summed E-state index contributed by atoms with van der Waals surface area (Å²) in [7, 11) is 0. The second kappa shape index (κ2) is 9.50. The van der Waals surface area contributed by atoms with Gasteiger partial charge in [0.05, 0.1) is 11.6 Å². The molecule has 3 N–H and O–H groups in total. The van der Waals surface area contributed by atoms with Crippen molar-refractivity contribution in [1.29, 1.82) is 0 Å². The summed E-state index contributed by atoms with van der Waals surface area (Å²) in [5, 5.41) is 2.37. The van der Waals surface area contributed by atoms with Gasteiger partial charge in [0.1, 0.15) is 5.75 Å². The lowest BCUT2D eigenvalue weighted by molar-refractivity contribution is 0.309. The van der Waals surface area contributed by atoms with Crippen molar-refractivity contribution < 1.29 is 4.74 Å². The molecule has 3 nitrogen and oxygen atoms in total. The van der Waals surface area contributed by atoms with Crippen molar-refractivity contribution in [3.05, 3.63) is 52.0 Å². The first-order chi connectivity index (χ1) is 13.1. The number of ether oxygens (including phenoxy) is 1. The van der Waals surface area contributed by atoms with E-state index in [1.165, 1.54) is 5.56 Å². The molecular weight excluding hydrogens is 379 g/mol. The Morgan fingerprint density at radius 2 is 1.81 bits per heavy atom. The summed E-state index contributed by atoms with van der Waals surface area (Å²) in [6, 6.07) is 12.0. The van der Waals surface area contributed by atoms with Gasteiger partial charge in [-0.1, -0.05) is 36.5 Å². The number of H-pyrrole nitrogens is 1. The molecule has 0 saturated heterocycles. The lowest BCUT2D eigenvalue weighted by Crippen LogP contribution is -1.99. The van der Waals surface area contributed by atoms with Crippen LogP contribution in [0, 0.1) is 0 Å². The maximum atomic E-state index is 6.53. The van der Waals surface area contributed by atoms with Gasteiger partial charge in [-0.2, -0.15) is 0 Å². The van der Waals surface area contributed by atoms with Gasteiger partial charge < -0.3 is 15.5 Å². The fourth-order valence-electron chi connectivity index (χ4n) is 3.31. The van der Waals surface area contributed by atoms with E-state index in [2.05, 4.69) is 24.0 Å². The minimum Gasteiger partial charge on any atom is -0.494 e. The van der Waals surface area contributed by atoms with Crippen molar-refractivity contribution in [3.63, 3.8) is 0 Å². The number of hydrogen-bond donors (Lipinski definition) is 2. The second-order valence-corrected chi connectivity index (χ2v) is 7.60. The molecule has 0 aliphatic carbocycles. The Balaban J connectivity index is 1.96. The number of fused-ring (bicyclic) bond motifs is 1. The van der Waals surface area contributed by atoms with Gasteiger partial charge in [-0.25, -0.2) is 0 Å². The van der Waals surface area contributed by atoms with Gasteiger partial charge >= 0.3 is 0 Å². The molecule has 0 aliphatic rings. The first kappa shape index (κ1) is 20.1. The molecule has 0 fully saturated rings. The quantitative estimate of drug-likeness (QED) is 0.394. The van der Waals surface area contributed by atoms with Crippen molar-refractivity contribution in [1.82, 2.24) is 4.98 Å². The Morgan fingerprint density at radius 1 is 1.04 bits per heavy atom. The molecule has 1 heterocycles. The molecule has 27 heavy (non-hydrogen) atoms. The largest absolute Gasteiger partial charge is 0.494 e. The molecule has 0 amide bonds. The number of nitrogens with one attached hydrogen (secondary N) is 1. The predicted molar refractivity (Wildman–Crippen MR) is 116 cm³/mol. The SMILES string of the molecule is CCCCOc1ccc(-c2[nH]c3cc(Cl)cc(Cl)c3c2CCCCN)cc1. The first-order valence-electron chi connectivity index (χ1n) is 9.57. The summed E-state index contributed by atoms with van der Waals surface area (Å²) < 4.78 is 5.78. The zero-order valence-corrected chi connectivity index (χ0v) is 17.2. The molecule has 0 unspecified atom stereocenters. The zero-order valence-electron chi connectivity index (χ0n) is 15.7. The van der Waals surface area contributed by atoms with Gasteiger partial charge in [-0.3, -0.25) is 0 Å². The normalized spacial score (nSPS) is 11.3. The van der Waals surface area contributed by atoms with Gasteiger partial charge in [0.25, 0.3) is 0 Å². The number of aryl methyl sites for hydroxylation is 1. The molecule has 2 aromatic carbocycles. The van der Waals surface area contributed by atoms with Crippen LogP contribution in [0.25, 0.3) is 22.2 Å². The summed E-state index contributed by atoms with van der Waals surface area (Å²) in [6.45, 7) is 3.60. The highest BCUT2D eigenvalue weighted by Gasteiger charge is 2.16. The van der Waals surface area contributed by atoms with Crippen molar-refractivity contribution in [3.8, 4) is 17.0 Å². The highest BCUT2D eigenvalue weighted by molar-refractivity contribution is 6.39. The van der Waals surface area contributed by atoms with Crippen LogP contribution in [0.15, 0.2) is 36.4 Å². The molecule has 3 aromatic rings. The number of rotatable bonds is 9. The van der Waals surface area contributed by atoms with E-state index >= 15 is 0 Å². The van der Waals surface area contributed by atoms with E-state index in [9.17, 15) is 0 Å². The number of benzene rings is 2. The number of halogens is 2. The molecular formula is C22H26Cl2N2O. The molecule has 0 spiro atoms. The molecule has 3 rings (SSSR count). The number of aromatic nitrogens is 1. The van der Waals surface area contributed by atoms with Crippen molar-refractivity contribution in [2.45, 2.75) is 39.0 Å². The standard InChI is InChI=1S/C22H26Cl2N2O/c1-2-3-12-27-17-9-7-15(8-10-17)22-18(6-4-5-11-25)21-19(24)13-16(23)14-20(21)26-22/h7-10,13-14,26H,2-6,11-12,25H2,1H3. The summed E-state index contributed by atoms with van der Waals surface area (Å²) in [6.07, 6.45) is 5.12. The van der Waals surface area contributed by atoms with Crippen molar-refractivity contribution in [2.75, 3.05) is 13.2 Å². The number of aromatic amines is 1. The van der Waals surface area contributed by atoms with E-state index in [0.717, 1.165) is 66.6 Å².